The van der Waals surface area contributed by atoms with E-state index in [4.69, 9.17) is 0 Å². The quantitative estimate of drug-likeness (QED) is 0.711. The predicted octanol–water partition coefficient (Wildman–Crippen LogP) is 3.84. The molecule has 1 rings (SSSR count). The zero-order chi connectivity index (χ0) is 11.0. The van der Waals surface area contributed by atoms with Crippen LogP contribution in [0.4, 0.5) is 0 Å². The summed E-state index contributed by atoms with van der Waals surface area (Å²) in [7, 11) is 8.31. The van der Waals surface area contributed by atoms with E-state index in [0.29, 0.717) is 0 Å². The maximum Gasteiger partial charge on any atom is -0.0126 e. The highest BCUT2D eigenvalue weighted by Crippen LogP contribution is 2.19. The van der Waals surface area contributed by atoms with Gasteiger partial charge in [0, 0.05) is 0 Å². The summed E-state index contributed by atoms with van der Waals surface area (Å²) in [4.78, 5) is 0. The molecule has 0 bridgehead atoms. The van der Waals surface area contributed by atoms with Gasteiger partial charge in [0.05, 0.1) is 0 Å². The van der Waals surface area contributed by atoms with Gasteiger partial charge in [-0.2, -0.15) is 0 Å². The molecule has 0 aliphatic rings. The average molecular weight is 246 g/mol. The van der Waals surface area contributed by atoms with Gasteiger partial charge in [-0.25, -0.2) is 0 Å². The van der Waals surface area contributed by atoms with Gasteiger partial charge in [0.25, 0.3) is 0 Å². The summed E-state index contributed by atoms with van der Waals surface area (Å²) >= 11 is 0. The van der Waals surface area contributed by atoms with Crippen LogP contribution < -0.4 is 0 Å². The smallest absolute Gasteiger partial charge is 0.0126 e. The van der Waals surface area contributed by atoms with Gasteiger partial charge in [-0.3, -0.25) is 0 Å². The molecule has 0 aliphatic carbocycles. The highest BCUT2D eigenvalue weighted by molar-refractivity contribution is 7.16. The van der Waals surface area contributed by atoms with Crippen molar-refractivity contribution in [2.24, 2.45) is 0 Å². The average Bonchev–Trinajstić information content (AvgIpc) is 2.30. The minimum absolute atomic E-state index is 1.05. The van der Waals surface area contributed by atoms with Gasteiger partial charge in [-0.15, -0.1) is 27.7 Å². The van der Waals surface area contributed by atoms with Gasteiger partial charge in [0.15, 0.2) is 0 Å². The molecule has 1 aromatic rings. The van der Waals surface area contributed by atoms with Crippen molar-refractivity contribution in [2.75, 3.05) is 0 Å². The van der Waals surface area contributed by atoms with Crippen molar-refractivity contribution < 1.29 is 0 Å². The maximum atomic E-state index is 2.78. The molecule has 3 atom stereocenters. The fourth-order valence-corrected chi connectivity index (χ4v) is 2.23. The minimum Gasteiger partial charge on any atom is -0.133 e. The van der Waals surface area contributed by atoms with Crippen molar-refractivity contribution in [2.45, 2.75) is 32.3 Å². The van der Waals surface area contributed by atoms with E-state index < -0.39 is 0 Å². The highest BCUT2D eigenvalue weighted by atomic mass is 31.0. The predicted molar refractivity (Wildman–Crippen MR) is 78.0 cm³/mol. The van der Waals surface area contributed by atoms with Crippen molar-refractivity contribution in [1.29, 1.82) is 0 Å². The third-order valence-electron chi connectivity index (χ3n) is 1.95. The van der Waals surface area contributed by atoms with E-state index in [1.54, 1.807) is 0 Å². The SMILES string of the molecule is CC.PCc1ccc(CP)c(CP)c1. The molecule has 3 unspecified atom stereocenters. The maximum absolute atomic E-state index is 2.78. The first-order valence-electron chi connectivity index (χ1n) is 5.02. The molecule has 1 aromatic carbocycles. The van der Waals surface area contributed by atoms with Crippen LogP contribution in [0.2, 0.25) is 0 Å². The lowest BCUT2D eigenvalue weighted by Gasteiger charge is -2.06. The third-order valence-corrected chi connectivity index (χ3v) is 3.30. The lowest BCUT2D eigenvalue weighted by molar-refractivity contribution is 1.25. The molecule has 0 heterocycles. The Bertz CT molecular complexity index is 259. The zero-order valence-corrected chi connectivity index (χ0v) is 12.5. The first-order valence-corrected chi connectivity index (χ1v) is 7.47. The second-order valence-electron chi connectivity index (χ2n) is 2.72. The molecular formula is C11H21P3. The van der Waals surface area contributed by atoms with Crippen LogP contribution in [0.5, 0.6) is 0 Å². The summed E-state index contributed by atoms with van der Waals surface area (Å²) in [5.41, 5.74) is 4.30. The Hall–Kier alpha value is 0.510. The van der Waals surface area contributed by atoms with Crippen LogP contribution in [0.1, 0.15) is 30.5 Å². The molecule has 0 spiro atoms. The fraction of sp³-hybridized carbons (Fsp3) is 0.455. The van der Waals surface area contributed by atoms with E-state index in [1.807, 2.05) is 13.8 Å². The second-order valence-corrected chi connectivity index (χ2v) is 3.94. The van der Waals surface area contributed by atoms with E-state index >= 15 is 0 Å². The van der Waals surface area contributed by atoms with Gasteiger partial charge >= 0.3 is 0 Å². The van der Waals surface area contributed by atoms with E-state index in [-0.39, 0.29) is 0 Å². The molecule has 0 aliphatic heterocycles. The zero-order valence-electron chi connectivity index (χ0n) is 9.09. The van der Waals surface area contributed by atoms with E-state index in [9.17, 15) is 0 Å². The van der Waals surface area contributed by atoms with Gasteiger partial charge < -0.3 is 0 Å². The number of benzene rings is 1. The van der Waals surface area contributed by atoms with E-state index in [1.165, 1.54) is 16.7 Å². The lowest BCUT2D eigenvalue weighted by atomic mass is 10.1. The van der Waals surface area contributed by atoms with Crippen molar-refractivity contribution in [3.63, 3.8) is 0 Å². The van der Waals surface area contributed by atoms with Crippen LogP contribution in [0, 0.1) is 0 Å². The van der Waals surface area contributed by atoms with Gasteiger partial charge in [-0.05, 0) is 35.2 Å². The molecule has 0 amide bonds. The van der Waals surface area contributed by atoms with Gasteiger partial charge in [0.1, 0.15) is 0 Å². The molecule has 0 aromatic heterocycles. The molecule has 0 saturated heterocycles. The minimum atomic E-state index is 1.05. The van der Waals surface area contributed by atoms with Crippen LogP contribution in [0.25, 0.3) is 0 Å². The summed E-state index contributed by atoms with van der Waals surface area (Å²) < 4.78 is 0. The van der Waals surface area contributed by atoms with Crippen LogP contribution in [-0.2, 0) is 18.5 Å². The summed E-state index contributed by atoms with van der Waals surface area (Å²) in [6.07, 6.45) is 3.16. The van der Waals surface area contributed by atoms with Crippen LogP contribution in [0.3, 0.4) is 0 Å². The first kappa shape index (κ1) is 14.5. The fourth-order valence-electron chi connectivity index (χ4n) is 1.20. The van der Waals surface area contributed by atoms with Crippen molar-refractivity contribution in [1.82, 2.24) is 0 Å². The van der Waals surface area contributed by atoms with Crippen molar-refractivity contribution in [3.8, 4) is 0 Å². The number of hydrogen-bond acceptors (Lipinski definition) is 0. The lowest BCUT2D eigenvalue weighted by Crippen LogP contribution is -1.89. The Morgan fingerprint density at radius 3 is 1.86 bits per heavy atom. The van der Waals surface area contributed by atoms with E-state index in [0.717, 1.165) is 18.5 Å². The summed E-state index contributed by atoms with van der Waals surface area (Å²) in [5.74, 6) is 0. The Kier molecular flexibility index (Phi) is 9.11. The Labute approximate surface area is 95.3 Å². The molecule has 0 saturated carbocycles. The molecule has 0 radical (unpaired) electrons. The Morgan fingerprint density at radius 1 is 0.857 bits per heavy atom. The first-order chi connectivity index (χ1) is 6.81. The molecule has 80 valence electrons. The van der Waals surface area contributed by atoms with Gasteiger partial charge in [-0.1, -0.05) is 32.0 Å². The summed E-state index contributed by atoms with van der Waals surface area (Å²) in [6.45, 7) is 4.00. The number of hydrogen-bond donors (Lipinski definition) is 0. The topological polar surface area (TPSA) is 0 Å². The largest absolute Gasteiger partial charge is 0.133 e. The molecule has 3 heteroatoms. The molecule has 0 fully saturated rings. The van der Waals surface area contributed by atoms with E-state index in [2.05, 4.69) is 45.9 Å². The summed E-state index contributed by atoms with van der Waals surface area (Å²) in [6, 6.07) is 6.72. The third kappa shape index (κ3) is 4.35. The molecule has 0 N–H and O–H groups in total. The standard InChI is InChI=1S/C9H15P3.C2H6/c10-4-7-1-2-8(5-11)9(3-7)6-12;1-2/h1-3H,4-6,10-12H2;1-2H3. The van der Waals surface area contributed by atoms with Crippen LogP contribution >= 0.6 is 27.7 Å². The normalized spacial score (nSPS) is 9.21. The molecular weight excluding hydrogens is 225 g/mol. The monoisotopic (exact) mass is 246 g/mol. The van der Waals surface area contributed by atoms with Crippen molar-refractivity contribution in [3.05, 3.63) is 34.9 Å². The Balaban J connectivity index is 0.000000791. The highest BCUT2D eigenvalue weighted by Gasteiger charge is 1.98. The molecule has 0 nitrogen and oxygen atoms in total. The number of rotatable bonds is 3. The second kappa shape index (κ2) is 8.79. The Morgan fingerprint density at radius 2 is 1.43 bits per heavy atom. The van der Waals surface area contributed by atoms with Crippen LogP contribution in [0.15, 0.2) is 18.2 Å². The van der Waals surface area contributed by atoms with Gasteiger partial charge in [0.2, 0.25) is 0 Å². The van der Waals surface area contributed by atoms with Crippen molar-refractivity contribution >= 4 is 27.7 Å². The summed E-state index contributed by atoms with van der Waals surface area (Å²) in [5, 5.41) is 0. The van der Waals surface area contributed by atoms with Crippen LogP contribution in [-0.4, -0.2) is 0 Å². The molecule has 14 heavy (non-hydrogen) atoms.